The lowest BCUT2D eigenvalue weighted by molar-refractivity contribution is -0.130. The fraction of sp³-hybridized carbons (Fsp3) is 0.257. The van der Waals surface area contributed by atoms with Gasteiger partial charge < -0.3 is 14.6 Å². The van der Waals surface area contributed by atoms with Crippen molar-refractivity contribution >= 4 is 56.4 Å². The second-order valence-corrected chi connectivity index (χ2v) is 14.4. The van der Waals surface area contributed by atoms with Gasteiger partial charge in [0.2, 0.25) is 5.90 Å². The van der Waals surface area contributed by atoms with E-state index in [1.165, 1.54) is 18.2 Å². The number of hydrogen-bond acceptors (Lipinski definition) is 8. The first kappa shape index (κ1) is 35.7. The van der Waals surface area contributed by atoms with Gasteiger partial charge in [-0.3, -0.25) is 10.2 Å². The van der Waals surface area contributed by atoms with Crippen molar-refractivity contribution in [3.05, 3.63) is 129 Å². The van der Waals surface area contributed by atoms with Crippen molar-refractivity contribution in [3.63, 3.8) is 0 Å². The second kappa shape index (κ2) is 16.2. The number of aliphatic imine (C=N–C) groups is 1. The van der Waals surface area contributed by atoms with E-state index in [1.54, 1.807) is 60.7 Å². The summed E-state index contributed by atoms with van der Waals surface area (Å²) in [6, 6.07) is 27.1. The van der Waals surface area contributed by atoms with Crippen molar-refractivity contribution in [2.75, 3.05) is 25.5 Å². The summed E-state index contributed by atoms with van der Waals surface area (Å²) in [5.74, 6) is -0.330. The molecule has 252 valence electrons. The van der Waals surface area contributed by atoms with Crippen LogP contribution < -0.4 is 15.6 Å². The molecule has 5 rings (SSSR count). The van der Waals surface area contributed by atoms with Crippen LogP contribution in [0.25, 0.3) is 0 Å². The fourth-order valence-corrected chi connectivity index (χ4v) is 7.37. The number of aliphatic hydroxyl groups is 1. The minimum atomic E-state index is -3.83. The summed E-state index contributed by atoms with van der Waals surface area (Å²) in [5, 5.41) is 10.3. The van der Waals surface area contributed by atoms with Crippen LogP contribution in [0.1, 0.15) is 35.6 Å². The van der Waals surface area contributed by atoms with Gasteiger partial charge in [-0.2, -0.15) is 0 Å². The van der Waals surface area contributed by atoms with Crippen molar-refractivity contribution in [3.8, 4) is 5.75 Å². The summed E-state index contributed by atoms with van der Waals surface area (Å²) < 4.78 is 39.2. The molecule has 1 aliphatic rings. The summed E-state index contributed by atoms with van der Waals surface area (Å²) >= 11 is 19.2. The molecule has 0 aliphatic carbocycles. The molecule has 0 aromatic heterocycles. The first-order chi connectivity index (χ1) is 23.1. The highest BCUT2D eigenvalue weighted by atomic mass is 35.5. The molecule has 0 radical (unpaired) electrons. The number of hydrogen-bond donors (Lipinski definition) is 3. The molecule has 9 nitrogen and oxygen atoms in total. The van der Waals surface area contributed by atoms with E-state index < -0.39 is 33.1 Å². The quantitative estimate of drug-likeness (QED) is 0.0956. The molecule has 48 heavy (non-hydrogen) atoms. The number of sulfone groups is 1. The molecule has 0 fully saturated rings. The molecule has 0 spiro atoms. The Balaban J connectivity index is 1.51. The molecular formula is C35H34Cl3N3O6S. The SMILES string of the molecule is O=C(NNCCc1ccccc1Cl)[C@@]1(CCS(=O)(=O)c2ccccc2)N=C(c2ccc(OCCCO)cc2)O[C@H]1c1ccc(Cl)cc1Cl. The smallest absolute Gasteiger partial charge is 0.266 e. The van der Waals surface area contributed by atoms with Gasteiger partial charge in [-0.15, -0.1) is 0 Å². The average Bonchev–Trinajstić information content (AvgIpc) is 3.48. The van der Waals surface area contributed by atoms with Crippen LogP contribution in [0.15, 0.2) is 107 Å². The van der Waals surface area contributed by atoms with Gasteiger partial charge in [-0.25, -0.2) is 18.8 Å². The van der Waals surface area contributed by atoms with Crippen molar-refractivity contribution in [1.82, 2.24) is 10.9 Å². The van der Waals surface area contributed by atoms with Crippen molar-refractivity contribution in [1.29, 1.82) is 0 Å². The minimum Gasteiger partial charge on any atom is -0.494 e. The summed E-state index contributed by atoms with van der Waals surface area (Å²) in [6.07, 6.45) is -0.358. The first-order valence-electron chi connectivity index (χ1n) is 15.2. The standard InChI is InChI=1S/C35H34Cl3N3O6S/c36-26-13-16-29(31(38)23-26)32-35(18-22-48(44,45)28-8-2-1-3-9-28,34(43)41-39-19-17-24-7-4-5-10-30(24)37)40-33(47-32)25-11-14-27(15-12-25)46-21-6-20-42/h1-5,7-16,23,32,39,42H,6,17-22H2,(H,41,43)/t32-,35-/m0/s1. The molecule has 0 unspecified atom stereocenters. The molecule has 4 aromatic carbocycles. The predicted octanol–water partition coefficient (Wildman–Crippen LogP) is 6.39. The molecule has 1 heterocycles. The Morgan fingerprint density at radius 2 is 1.67 bits per heavy atom. The van der Waals surface area contributed by atoms with E-state index in [0.29, 0.717) is 52.9 Å². The number of carbonyl (C=O) groups is 1. The molecule has 3 N–H and O–H groups in total. The number of hydrazine groups is 1. The maximum absolute atomic E-state index is 14.3. The number of nitrogens with one attached hydrogen (secondary N) is 2. The van der Waals surface area contributed by atoms with Gasteiger partial charge in [0.05, 0.1) is 17.3 Å². The summed E-state index contributed by atoms with van der Waals surface area (Å²) in [6.45, 7) is 0.679. The molecule has 0 saturated heterocycles. The van der Waals surface area contributed by atoms with Gasteiger partial charge >= 0.3 is 0 Å². The monoisotopic (exact) mass is 729 g/mol. The van der Waals surface area contributed by atoms with Crippen LogP contribution in [0.4, 0.5) is 0 Å². The minimum absolute atomic E-state index is 0.0103. The van der Waals surface area contributed by atoms with E-state index in [0.717, 1.165) is 5.56 Å². The third-order valence-electron chi connectivity index (χ3n) is 7.81. The molecule has 0 saturated carbocycles. The summed E-state index contributed by atoms with van der Waals surface area (Å²) in [4.78, 5) is 19.3. The molecule has 4 aromatic rings. The topological polar surface area (TPSA) is 126 Å². The number of ether oxygens (including phenoxy) is 2. The first-order valence-corrected chi connectivity index (χ1v) is 18.0. The van der Waals surface area contributed by atoms with E-state index in [-0.39, 0.29) is 28.8 Å². The molecule has 1 amide bonds. The number of rotatable bonds is 15. The molecule has 13 heteroatoms. The lowest BCUT2D eigenvalue weighted by atomic mass is 9.85. The van der Waals surface area contributed by atoms with Crippen LogP contribution in [-0.2, 0) is 25.8 Å². The molecule has 1 aliphatic heterocycles. The zero-order valence-corrected chi connectivity index (χ0v) is 28.8. The largest absolute Gasteiger partial charge is 0.494 e. The number of halogens is 3. The van der Waals surface area contributed by atoms with E-state index in [1.807, 2.05) is 18.2 Å². The Morgan fingerprint density at radius 3 is 2.38 bits per heavy atom. The Labute approximate surface area is 294 Å². The van der Waals surface area contributed by atoms with Crippen LogP contribution >= 0.6 is 34.8 Å². The van der Waals surface area contributed by atoms with Crippen LogP contribution in [0.2, 0.25) is 15.1 Å². The zero-order chi connectivity index (χ0) is 34.1. The Hall–Kier alpha value is -3.64. The predicted molar refractivity (Wildman–Crippen MR) is 188 cm³/mol. The van der Waals surface area contributed by atoms with Crippen molar-refractivity contribution in [2.45, 2.75) is 35.8 Å². The van der Waals surface area contributed by atoms with Gasteiger partial charge in [0, 0.05) is 52.2 Å². The molecular weight excluding hydrogens is 697 g/mol. The highest BCUT2D eigenvalue weighted by Crippen LogP contribution is 2.45. The Kier molecular flexibility index (Phi) is 12.0. The van der Waals surface area contributed by atoms with E-state index in [4.69, 9.17) is 54.4 Å². The van der Waals surface area contributed by atoms with Gasteiger partial charge in [-0.05, 0) is 66.6 Å². The van der Waals surface area contributed by atoms with Gasteiger partial charge in [-0.1, -0.05) is 77.3 Å². The number of aliphatic hydroxyl groups excluding tert-OH is 1. The van der Waals surface area contributed by atoms with E-state index in [9.17, 15) is 13.2 Å². The van der Waals surface area contributed by atoms with E-state index in [2.05, 4.69) is 10.9 Å². The number of benzene rings is 4. The number of nitrogens with zero attached hydrogens (tertiary/aromatic N) is 1. The second-order valence-electron chi connectivity index (χ2n) is 11.1. The lowest BCUT2D eigenvalue weighted by Gasteiger charge is -2.31. The number of amides is 1. The Bertz CT molecular complexity index is 1860. The third-order valence-corrected chi connectivity index (χ3v) is 10.5. The van der Waals surface area contributed by atoms with Crippen molar-refractivity contribution in [2.24, 2.45) is 4.99 Å². The highest BCUT2D eigenvalue weighted by molar-refractivity contribution is 7.91. The Morgan fingerprint density at radius 1 is 0.938 bits per heavy atom. The maximum atomic E-state index is 14.3. The van der Waals surface area contributed by atoms with Gasteiger partial charge in [0.1, 0.15) is 5.75 Å². The molecule has 0 bridgehead atoms. The summed E-state index contributed by atoms with van der Waals surface area (Å²) in [5.41, 5.74) is 5.76. The van der Waals surface area contributed by atoms with Crippen LogP contribution in [-0.4, -0.2) is 56.4 Å². The van der Waals surface area contributed by atoms with E-state index >= 15 is 0 Å². The van der Waals surface area contributed by atoms with Gasteiger partial charge in [0.15, 0.2) is 21.5 Å². The lowest BCUT2D eigenvalue weighted by Crippen LogP contribution is -2.53. The number of carbonyl (C=O) groups excluding carboxylic acids is 1. The van der Waals surface area contributed by atoms with Crippen molar-refractivity contribution < 1.29 is 27.8 Å². The fourth-order valence-electron chi connectivity index (χ4n) is 5.25. The van der Waals surface area contributed by atoms with Crippen LogP contribution in [0.5, 0.6) is 5.75 Å². The zero-order valence-electron chi connectivity index (χ0n) is 25.7. The maximum Gasteiger partial charge on any atom is 0.266 e. The average molecular weight is 731 g/mol. The third kappa shape index (κ3) is 8.49. The summed E-state index contributed by atoms with van der Waals surface area (Å²) in [7, 11) is -3.83. The molecule has 2 atom stereocenters. The normalized spacial score (nSPS) is 17.4. The highest BCUT2D eigenvalue weighted by Gasteiger charge is 2.54. The van der Waals surface area contributed by atoms with Gasteiger partial charge in [0.25, 0.3) is 5.91 Å². The van der Waals surface area contributed by atoms with Crippen LogP contribution in [0.3, 0.4) is 0 Å². The van der Waals surface area contributed by atoms with Crippen LogP contribution in [0, 0.1) is 0 Å².